The van der Waals surface area contributed by atoms with Crippen LogP contribution in [-0.2, 0) is 6.18 Å². The summed E-state index contributed by atoms with van der Waals surface area (Å²) < 4.78 is 50.7. The van der Waals surface area contributed by atoms with Gasteiger partial charge in [0.1, 0.15) is 5.82 Å². The number of carbonyl (C=O) groups excluding carboxylic acids is 1. The van der Waals surface area contributed by atoms with Gasteiger partial charge in [-0.2, -0.15) is 13.2 Å². The van der Waals surface area contributed by atoms with E-state index in [-0.39, 0.29) is 18.0 Å². The highest BCUT2D eigenvalue weighted by Crippen LogP contribution is 2.30. The fourth-order valence-corrected chi connectivity index (χ4v) is 1.67. The lowest BCUT2D eigenvalue weighted by Crippen LogP contribution is -2.32. The van der Waals surface area contributed by atoms with Crippen molar-refractivity contribution in [3.8, 4) is 0 Å². The van der Waals surface area contributed by atoms with Gasteiger partial charge >= 0.3 is 6.18 Å². The zero-order chi connectivity index (χ0) is 15.3. The van der Waals surface area contributed by atoms with E-state index < -0.39 is 23.5 Å². The van der Waals surface area contributed by atoms with Gasteiger partial charge in [-0.05, 0) is 37.7 Å². The summed E-state index contributed by atoms with van der Waals surface area (Å²) in [5.74, 6) is -1.70. The molecule has 7 heteroatoms. The molecule has 1 amide bonds. The van der Waals surface area contributed by atoms with Gasteiger partial charge in [0.2, 0.25) is 0 Å². The maximum absolute atomic E-state index is 13.1. The van der Waals surface area contributed by atoms with Gasteiger partial charge in [-0.1, -0.05) is 6.92 Å². The van der Waals surface area contributed by atoms with E-state index in [4.69, 9.17) is 0 Å². The first kappa shape index (κ1) is 16.4. The Morgan fingerprint density at radius 2 is 1.90 bits per heavy atom. The smallest absolute Gasteiger partial charge is 0.352 e. The van der Waals surface area contributed by atoms with Gasteiger partial charge in [-0.15, -0.1) is 0 Å². The molecule has 1 atom stereocenters. The summed E-state index contributed by atoms with van der Waals surface area (Å²) in [6.45, 7) is 2.80. The molecular weight excluding hydrogens is 276 g/mol. The number of amides is 1. The lowest BCUT2D eigenvalue weighted by molar-refractivity contribution is -0.137. The Balaban J connectivity index is 2.81. The molecule has 0 fully saturated rings. The summed E-state index contributed by atoms with van der Waals surface area (Å²) in [5.41, 5.74) is -1.51. The van der Waals surface area contributed by atoms with Crippen LogP contribution >= 0.6 is 0 Å². The van der Waals surface area contributed by atoms with Gasteiger partial charge in [-0.3, -0.25) is 4.79 Å². The van der Waals surface area contributed by atoms with Crippen molar-refractivity contribution in [3.05, 3.63) is 35.1 Å². The van der Waals surface area contributed by atoms with E-state index in [2.05, 4.69) is 10.6 Å². The molecule has 1 rings (SSSR count). The highest BCUT2D eigenvalue weighted by atomic mass is 19.4. The summed E-state index contributed by atoms with van der Waals surface area (Å²) >= 11 is 0. The van der Waals surface area contributed by atoms with Crippen molar-refractivity contribution >= 4 is 5.91 Å². The Bertz CT molecular complexity index is 474. The van der Waals surface area contributed by atoms with Crippen LogP contribution in [0.25, 0.3) is 0 Å². The molecule has 0 spiro atoms. The molecule has 0 aliphatic heterocycles. The molecule has 20 heavy (non-hydrogen) atoms. The second kappa shape index (κ2) is 6.69. The molecular formula is C13H16F4N2O. The normalized spacial score (nSPS) is 13.1. The predicted molar refractivity (Wildman–Crippen MR) is 66.8 cm³/mol. The fourth-order valence-electron chi connectivity index (χ4n) is 1.67. The van der Waals surface area contributed by atoms with Crippen molar-refractivity contribution in [1.82, 2.24) is 10.6 Å². The molecule has 0 bridgehead atoms. The Kier molecular flexibility index (Phi) is 5.50. The van der Waals surface area contributed by atoms with E-state index in [9.17, 15) is 22.4 Å². The third kappa shape index (κ3) is 4.80. The topological polar surface area (TPSA) is 41.1 Å². The second-order valence-electron chi connectivity index (χ2n) is 4.60. The molecule has 3 nitrogen and oxygen atoms in total. The molecule has 1 aromatic rings. The van der Waals surface area contributed by atoms with Crippen molar-refractivity contribution in [1.29, 1.82) is 0 Å². The summed E-state index contributed by atoms with van der Waals surface area (Å²) in [4.78, 5) is 11.7. The first-order chi connectivity index (χ1) is 9.24. The van der Waals surface area contributed by atoms with Crippen LogP contribution in [0.3, 0.4) is 0 Å². The maximum atomic E-state index is 13.1. The van der Waals surface area contributed by atoms with Gasteiger partial charge < -0.3 is 10.6 Å². The lowest BCUT2D eigenvalue weighted by atomic mass is 10.1. The number of carbonyl (C=O) groups is 1. The molecule has 0 radical (unpaired) electrons. The first-order valence-corrected chi connectivity index (χ1v) is 6.04. The minimum Gasteiger partial charge on any atom is -0.352 e. The number of rotatable bonds is 5. The van der Waals surface area contributed by atoms with Crippen LogP contribution in [0.15, 0.2) is 18.2 Å². The molecule has 0 heterocycles. The van der Waals surface area contributed by atoms with E-state index in [0.29, 0.717) is 18.7 Å². The van der Waals surface area contributed by atoms with Gasteiger partial charge in [0.25, 0.3) is 5.91 Å². The Morgan fingerprint density at radius 1 is 1.25 bits per heavy atom. The summed E-state index contributed by atoms with van der Waals surface area (Å²) in [6, 6.07) is 1.79. The molecule has 112 valence electrons. The van der Waals surface area contributed by atoms with Crippen LogP contribution in [-0.4, -0.2) is 26.0 Å². The zero-order valence-corrected chi connectivity index (χ0v) is 11.1. The number of alkyl halides is 3. The van der Waals surface area contributed by atoms with E-state index in [0.717, 1.165) is 6.07 Å². The molecule has 1 unspecified atom stereocenters. The molecule has 0 saturated carbocycles. The number of hydrogen-bond acceptors (Lipinski definition) is 2. The minimum absolute atomic E-state index is 0.111. The monoisotopic (exact) mass is 292 g/mol. The quantitative estimate of drug-likeness (QED) is 0.818. The third-order valence-corrected chi connectivity index (χ3v) is 2.65. The van der Waals surface area contributed by atoms with Crippen molar-refractivity contribution in [2.24, 2.45) is 5.92 Å². The van der Waals surface area contributed by atoms with Gasteiger partial charge in [0.15, 0.2) is 0 Å². The van der Waals surface area contributed by atoms with Crippen LogP contribution in [0, 0.1) is 11.7 Å². The molecule has 0 saturated heterocycles. The molecule has 0 aliphatic rings. The predicted octanol–water partition coefficient (Wildman–Crippen LogP) is 2.43. The number of benzene rings is 1. The van der Waals surface area contributed by atoms with Gasteiger partial charge in [0.05, 0.1) is 5.56 Å². The maximum Gasteiger partial charge on any atom is 0.416 e. The third-order valence-electron chi connectivity index (χ3n) is 2.65. The van der Waals surface area contributed by atoms with Gasteiger partial charge in [0, 0.05) is 12.1 Å². The van der Waals surface area contributed by atoms with Crippen LogP contribution in [0.5, 0.6) is 0 Å². The van der Waals surface area contributed by atoms with Crippen molar-refractivity contribution in [3.63, 3.8) is 0 Å². The van der Waals surface area contributed by atoms with Gasteiger partial charge in [-0.25, -0.2) is 4.39 Å². The lowest BCUT2D eigenvalue weighted by Gasteiger charge is -2.13. The summed E-state index contributed by atoms with van der Waals surface area (Å²) in [7, 11) is 1.75. The SMILES string of the molecule is CNCC(C)CNC(=O)c1cc(F)cc(C(F)(F)F)c1. The van der Waals surface area contributed by atoms with Crippen LogP contribution in [0.2, 0.25) is 0 Å². The zero-order valence-electron chi connectivity index (χ0n) is 11.1. The number of hydrogen-bond donors (Lipinski definition) is 2. The Labute approximate surface area is 114 Å². The molecule has 0 aromatic heterocycles. The Hall–Kier alpha value is -1.63. The molecule has 0 aliphatic carbocycles. The summed E-state index contributed by atoms with van der Waals surface area (Å²) in [5, 5.41) is 5.39. The first-order valence-electron chi connectivity index (χ1n) is 6.04. The van der Waals surface area contributed by atoms with E-state index >= 15 is 0 Å². The average Bonchev–Trinajstić information content (AvgIpc) is 2.34. The van der Waals surface area contributed by atoms with Crippen molar-refractivity contribution in [2.45, 2.75) is 13.1 Å². The highest BCUT2D eigenvalue weighted by molar-refractivity contribution is 5.94. The van der Waals surface area contributed by atoms with Crippen molar-refractivity contribution in [2.75, 3.05) is 20.1 Å². The van der Waals surface area contributed by atoms with Crippen LogP contribution in [0.4, 0.5) is 17.6 Å². The number of halogens is 4. The Morgan fingerprint density at radius 3 is 2.45 bits per heavy atom. The van der Waals surface area contributed by atoms with E-state index in [1.54, 1.807) is 7.05 Å². The standard InChI is InChI=1S/C13H16F4N2O/c1-8(6-18-2)7-19-12(20)9-3-10(13(15,16)17)5-11(14)4-9/h3-5,8,18H,6-7H2,1-2H3,(H,19,20). The highest BCUT2D eigenvalue weighted by Gasteiger charge is 2.31. The molecule has 1 aromatic carbocycles. The second-order valence-corrected chi connectivity index (χ2v) is 4.60. The van der Waals surface area contributed by atoms with E-state index in [1.807, 2.05) is 6.92 Å². The average molecular weight is 292 g/mol. The largest absolute Gasteiger partial charge is 0.416 e. The minimum atomic E-state index is -4.68. The molecule has 2 N–H and O–H groups in total. The van der Waals surface area contributed by atoms with Crippen LogP contribution in [0.1, 0.15) is 22.8 Å². The summed E-state index contributed by atoms with van der Waals surface area (Å²) in [6.07, 6.45) is -4.68. The van der Waals surface area contributed by atoms with Crippen molar-refractivity contribution < 1.29 is 22.4 Å². The van der Waals surface area contributed by atoms with E-state index in [1.165, 1.54) is 0 Å². The fraction of sp³-hybridized carbons (Fsp3) is 0.462. The number of nitrogens with one attached hydrogen (secondary N) is 2. The van der Waals surface area contributed by atoms with Crippen LogP contribution < -0.4 is 10.6 Å².